The number of hydrogen-bond acceptors (Lipinski definition) is 0. The molecule has 0 fully saturated rings. The molecule has 0 N–H and O–H groups in total. The quantitative estimate of drug-likeness (QED) is 0.234. The second-order valence-electron chi connectivity index (χ2n) is 7.05. The smallest absolute Gasteiger partial charge is 0.0541 e. The Morgan fingerprint density at radius 2 is 0.941 bits per heavy atom. The Hall–Kier alpha value is -3.32. The van der Waals surface area contributed by atoms with Gasteiger partial charge in [0.15, 0.2) is 0 Å². The lowest BCUT2D eigenvalue weighted by atomic mass is 10.1. The highest BCUT2D eigenvalue weighted by molar-refractivity contribution is 6.09. The van der Waals surface area contributed by atoms with E-state index < -0.39 is 0 Å². The van der Waals surface area contributed by atoms with Crippen molar-refractivity contribution in [2.75, 3.05) is 0 Å². The number of hydrogen-bond donors (Lipinski definition) is 0. The molecule has 0 saturated carbocycles. The first-order valence-electron chi connectivity index (χ1n) is 13.1. The van der Waals surface area contributed by atoms with Crippen LogP contribution in [0.25, 0.3) is 38.6 Å². The predicted molar refractivity (Wildman–Crippen MR) is 154 cm³/mol. The standard InChI is InChI=1S/C25H17N.4C2H6/c1-2-8-20-17(7-1)15-18-13-14-19(16-23(18)20)26-24-11-5-3-9-21(24)22-10-4-6-12-25(22)26;4*1-2/h1-14,16H,15H2;4*1-2H3. The molecule has 1 aromatic heterocycles. The van der Waals surface area contributed by atoms with Gasteiger partial charge in [-0.25, -0.2) is 0 Å². The van der Waals surface area contributed by atoms with E-state index in [-0.39, 0.29) is 0 Å². The van der Waals surface area contributed by atoms with Crippen molar-refractivity contribution in [3.63, 3.8) is 0 Å². The van der Waals surface area contributed by atoms with E-state index in [0.29, 0.717) is 0 Å². The Morgan fingerprint density at radius 3 is 1.53 bits per heavy atom. The third kappa shape index (κ3) is 4.94. The molecule has 0 aliphatic heterocycles. The van der Waals surface area contributed by atoms with Crippen molar-refractivity contribution in [1.29, 1.82) is 0 Å². The van der Waals surface area contributed by atoms with Crippen LogP contribution in [0.4, 0.5) is 0 Å². The van der Waals surface area contributed by atoms with Crippen LogP contribution < -0.4 is 0 Å². The zero-order valence-corrected chi connectivity index (χ0v) is 22.3. The summed E-state index contributed by atoms with van der Waals surface area (Å²) >= 11 is 0. The van der Waals surface area contributed by atoms with E-state index in [1.807, 2.05) is 55.4 Å². The van der Waals surface area contributed by atoms with Crippen molar-refractivity contribution in [3.05, 3.63) is 102 Å². The summed E-state index contributed by atoms with van der Waals surface area (Å²) in [7, 11) is 0. The summed E-state index contributed by atoms with van der Waals surface area (Å²) in [6, 6.07) is 33.1. The number of fused-ring (bicyclic) bond motifs is 6. The molecule has 34 heavy (non-hydrogen) atoms. The van der Waals surface area contributed by atoms with E-state index in [9.17, 15) is 0 Å². The van der Waals surface area contributed by atoms with Crippen LogP contribution in [0.1, 0.15) is 66.5 Å². The van der Waals surface area contributed by atoms with Gasteiger partial charge in [0.1, 0.15) is 0 Å². The van der Waals surface area contributed by atoms with E-state index in [2.05, 4.69) is 95.6 Å². The monoisotopic (exact) mass is 451 g/mol. The van der Waals surface area contributed by atoms with E-state index in [0.717, 1.165) is 6.42 Å². The number of nitrogens with zero attached hydrogens (tertiary/aromatic N) is 1. The second-order valence-corrected chi connectivity index (χ2v) is 7.05. The highest BCUT2D eigenvalue weighted by Crippen LogP contribution is 2.39. The molecule has 1 heteroatoms. The van der Waals surface area contributed by atoms with Crippen molar-refractivity contribution >= 4 is 21.8 Å². The molecule has 4 aromatic carbocycles. The molecule has 0 amide bonds. The third-order valence-electron chi connectivity index (χ3n) is 5.62. The molecule has 6 rings (SSSR count). The van der Waals surface area contributed by atoms with E-state index in [1.165, 1.54) is 49.7 Å². The minimum Gasteiger partial charge on any atom is -0.309 e. The van der Waals surface area contributed by atoms with E-state index in [4.69, 9.17) is 0 Å². The predicted octanol–water partition coefficient (Wildman–Crippen LogP) is 10.5. The summed E-state index contributed by atoms with van der Waals surface area (Å²) in [5.41, 5.74) is 9.38. The van der Waals surface area contributed by atoms with Crippen LogP contribution in [0.5, 0.6) is 0 Å². The summed E-state index contributed by atoms with van der Waals surface area (Å²) in [5, 5.41) is 2.62. The molecule has 178 valence electrons. The Morgan fingerprint density at radius 1 is 0.471 bits per heavy atom. The van der Waals surface area contributed by atoms with E-state index in [1.54, 1.807) is 0 Å². The van der Waals surface area contributed by atoms with Gasteiger partial charge in [0.05, 0.1) is 11.0 Å². The van der Waals surface area contributed by atoms with Crippen LogP contribution in [0, 0.1) is 0 Å². The first kappa shape index (κ1) is 26.9. The number of benzene rings is 4. The number of aromatic nitrogens is 1. The molecule has 5 aromatic rings. The SMILES string of the molecule is CC.CC.CC.CC.c1ccc2c(c1)Cc1ccc(-n3c4ccccc4c4ccccc43)cc1-2. The first-order chi connectivity index (χ1) is 16.9. The highest BCUT2D eigenvalue weighted by atomic mass is 15.0. The van der Waals surface area contributed by atoms with Crippen molar-refractivity contribution < 1.29 is 0 Å². The number of para-hydroxylation sites is 2. The minimum absolute atomic E-state index is 1.04. The minimum atomic E-state index is 1.04. The summed E-state index contributed by atoms with van der Waals surface area (Å²) in [4.78, 5) is 0. The van der Waals surface area contributed by atoms with Gasteiger partial charge in [-0.15, -0.1) is 0 Å². The van der Waals surface area contributed by atoms with Gasteiger partial charge in [-0.1, -0.05) is 122 Å². The van der Waals surface area contributed by atoms with Crippen LogP contribution in [0.15, 0.2) is 91.0 Å². The van der Waals surface area contributed by atoms with Gasteiger partial charge in [0.2, 0.25) is 0 Å². The van der Waals surface area contributed by atoms with Crippen LogP contribution in [-0.2, 0) is 6.42 Å². The lowest BCUT2D eigenvalue weighted by Gasteiger charge is -2.10. The Labute approximate surface area is 207 Å². The van der Waals surface area contributed by atoms with Gasteiger partial charge in [-0.2, -0.15) is 0 Å². The van der Waals surface area contributed by atoms with Crippen molar-refractivity contribution in [3.8, 4) is 16.8 Å². The van der Waals surface area contributed by atoms with Crippen molar-refractivity contribution in [1.82, 2.24) is 4.57 Å². The Kier molecular flexibility index (Phi) is 10.6. The van der Waals surface area contributed by atoms with Crippen LogP contribution >= 0.6 is 0 Å². The molecule has 0 radical (unpaired) electrons. The van der Waals surface area contributed by atoms with Crippen molar-refractivity contribution in [2.24, 2.45) is 0 Å². The zero-order valence-electron chi connectivity index (χ0n) is 22.3. The fourth-order valence-corrected chi connectivity index (χ4v) is 4.45. The van der Waals surface area contributed by atoms with Crippen LogP contribution in [-0.4, -0.2) is 4.57 Å². The first-order valence-corrected chi connectivity index (χ1v) is 13.1. The largest absolute Gasteiger partial charge is 0.309 e. The second kappa shape index (κ2) is 13.4. The Balaban J connectivity index is 0.000000467. The normalized spacial score (nSPS) is 10.2. The maximum atomic E-state index is 2.39. The highest BCUT2D eigenvalue weighted by Gasteiger charge is 2.19. The molecule has 1 aliphatic carbocycles. The average molecular weight is 452 g/mol. The van der Waals surface area contributed by atoms with Crippen LogP contribution in [0.3, 0.4) is 0 Å². The summed E-state index contributed by atoms with van der Waals surface area (Å²) in [6.45, 7) is 16.0. The fraction of sp³-hybridized carbons (Fsp3) is 0.273. The number of rotatable bonds is 1. The van der Waals surface area contributed by atoms with Crippen molar-refractivity contribution in [2.45, 2.75) is 61.8 Å². The summed E-state index contributed by atoms with van der Waals surface area (Å²) in [5.74, 6) is 0. The maximum absolute atomic E-state index is 2.39. The lowest BCUT2D eigenvalue weighted by Crippen LogP contribution is -1.94. The fourth-order valence-electron chi connectivity index (χ4n) is 4.45. The van der Waals surface area contributed by atoms with Gasteiger partial charge in [-0.05, 0) is 52.9 Å². The van der Waals surface area contributed by atoms with Gasteiger partial charge >= 0.3 is 0 Å². The molecule has 0 spiro atoms. The van der Waals surface area contributed by atoms with Gasteiger partial charge < -0.3 is 4.57 Å². The molecule has 0 bridgehead atoms. The molecular weight excluding hydrogens is 410 g/mol. The van der Waals surface area contributed by atoms with Gasteiger partial charge in [0.25, 0.3) is 0 Å². The molecule has 0 unspecified atom stereocenters. The lowest BCUT2D eigenvalue weighted by molar-refractivity contribution is 1.17. The molecule has 1 nitrogen and oxygen atoms in total. The van der Waals surface area contributed by atoms with E-state index >= 15 is 0 Å². The van der Waals surface area contributed by atoms with Crippen LogP contribution in [0.2, 0.25) is 0 Å². The summed E-state index contributed by atoms with van der Waals surface area (Å²) < 4.78 is 2.39. The molecule has 0 saturated heterocycles. The molecule has 1 heterocycles. The molecule has 0 atom stereocenters. The van der Waals surface area contributed by atoms with Gasteiger partial charge in [-0.3, -0.25) is 0 Å². The Bertz CT molecular complexity index is 1250. The zero-order chi connectivity index (χ0) is 25.1. The third-order valence-corrected chi connectivity index (χ3v) is 5.62. The topological polar surface area (TPSA) is 4.93 Å². The molecule has 1 aliphatic rings. The molecular formula is C33H41N. The van der Waals surface area contributed by atoms with Gasteiger partial charge in [0, 0.05) is 16.5 Å². The average Bonchev–Trinajstić information content (AvgIpc) is 3.48. The maximum Gasteiger partial charge on any atom is 0.0541 e. The summed E-state index contributed by atoms with van der Waals surface area (Å²) in [6.07, 6.45) is 1.04.